The lowest BCUT2D eigenvalue weighted by atomic mass is 10.0. The number of hydrogen-bond donors (Lipinski definition) is 0. The third-order valence-electron chi connectivity index (χ3n) is 6.13. The largest absolute Gasteiger partial charge is 0.486 e. The van der Waals surface area contributed by atoms with Crippen LogP contribution in [-0.4, -0.2) is 40.8 Å². The highest BCUT2D eigenvalue weighted by Gasteiger charge is 2.31. The molecule has 31 heavy (non-hydrogen) atoms. The third kappa shape index (κ3) is 3.96. The Morgan fingerprint density at radius 3 is 2.48 bits per heavy atom. The van der Waals surface area contributed by atoms with Crippen molar-refractivity contribution in [2.24, 2.45) is 0 Å². The van der Waals surface area contributed by atoms with Gasteiger partial charge in [0.1, 0.15) is 19.0 Å². The topological polar surface area (TPSA) is 39.5 Å². The molecule has 2 aliphatic heterocycles. The number of nitrogens with zero attached hydrogens (tertiary/aromatic N) is 3. The minimum Gasteiger partial charge on any atom is -0.486 e. The van der Waals surface area contributed by atoms with E-state index in [2.05, 4.69) is 20.5 Å². The molecular weight excluding hydrogens is 407 g/mol. The van der Waals surface area contributed by atoms with Crippen LogP contribution in [0.25, 0.3) is 11.0 Å². The molecular formula is C23H24F3N3O2. The SMILES string of the molecule is Cc1nc2cc(C(F)(F)F)ccc2n1C1CCN(Cc2ccc3c(c2)OCCO3)CC1. The molecule has 2 aliphatic rings. The van der Waals surface area contributed by atoms with Gasteiger partial charge in [0.25, 0.3) is 0 Å². The van der Waals surface area contributed by atoms with Crippen LogP contribution in [0, 0.1) is 6.92 Å². The molecule has 1 fully saturated rings. The molecule has 164 valence electrons. The molecule has 0 amide bonds. The summed E-state index contributed by atoms with van der Waals surface area (Å²) in [5.74, 6) is 2.36. The van der Waals surface area contributed by atoms with Crippen LogP contribution in [0.4, 0.5) is 13.2 Å². The number of rotatable bonds is 3. The smallest absolute Gasteiger partial charge is 0.416 e. The van der Waals surface area contributed by atoms with E-state index in [0.29, 0.717) is 18.7 Å². The van der Waals surface area contributed by atoms with E-state index in [1.807, 2.05) is 19.1 Å². The molecule has 8 heteroatoms. The number of benzene rings is 2. The molecule has 0 bridgehead atoms. The van der Waals surface area contributed by atoms with Crippen LogP contribution in [0.2, 0.25) is 0 Å². The van der Waals surface area contributed by atoms with Crippen LogP contribution in [-0.2, 0) is 12.7 Å². The van der Waals surface area contributed by atoms with Gasteiger partial charge in [-0.1, -0.05) is 6.07 Å². The molecule has 0 N–H and O–H groups in total. The number of aryl methyl sites for hydroxylation is 1. The number of hydrogen-bond acceptors (Lipinski definition) is 4. The van der Waals surface area contributed by atoms with Gasteiger partial charge in [0.15, 0.2) is 11.5 Å². The summed E-state index contributed by atoms with van der Waals surface area (Å²) in [6.45, 7) is 5.69. The zero-order valence-corrected chi connectivity index (χ0v) is 17.3. The standard InChI is InChI=1S/C23H24F3N3O2/c1-15-27-19-13-17(23(24,25)26)3-4-20(19)29(15)18-6-8-28(9-7-18)14-16-2-5-21-22(12-16)31-11-10-30-21/h2-5,12-13,18H,6-11,14H2,1H3. The highest BCUT2D eigenvalue weighted by Crippen LogP contribution is 2.35. The van der Waals surface area contributed by atoms with E-state index in [1.54, 1.807) is 6.07 Å². The van der Waals surface area contributed by atoms with Gasteiger partial charge in [-0.3, -0.25) is 4.90 Å². The molecule has 5 nitrogen and oxygen atoms in total. The second kappa shape index (κ2) is 7.75. The van der Waals surface area contributed by atoms with Gasteiger partial charge in [-0.2, -0.15) is 13.2 Å². The quantitative estimate of drug-likeness (QED) is 0.587. The number of halogens is 3. The predicted octanol–water partition coefficient (Wildman–Crippen LogP) is 4.97. The predicted molar refractivity (Wildman–Crippen MR) is 110 cm³/mol. The number of ether oxygens (including phenoxy) is 2. The van der Waals surface area contributed by atoms with Crippen molar-refractivity contribution in [1.82, 2.24) is 14.5 Å². The van der Waals surface area contributed by atoms with Crippen molar-refractivity contribution in [3.8, 4) is 11.5 Å². The summed E-state index contributed by atoms with van der Waals surface area (Å²) in [6.07, 6.45) is -2.50. The summed E-state index contributed by atoms with van der Waals surface area (Å²) in [5, 5.41) is 0. The van der Waals surface area contributed by atoms with Gasteiger partial charge in [0, 0.05) is 25.7 Å². The first-order valence-electron chi connectivity index (χ1n) is 10.5. The number of alkyl halides is 3. The molecule has 1 saturated heterocycles. The zero-order chi connectivity index (χ0) is 21.6. The average Bonchev–Trinajstić information content (AvgIpc) is 3.08. The average molecular weight is 431 g/mol. The fourth-order valence-corrected chi connectivity index (χ4v) is 4.64. The third-order valence-corrected chi connectivity index (χ3v) is 6.13. The highest BCUT2D eigenvalue weighted by molar-refractivity contribution is 5.77. The van der Waals surface area contributed by atoms with E-state index < -0.39 is 11.7 Å². The van der Waals surface area contributed by atoms with Gasteiger partial charge in [-0.25, -0.2) is 4.98 Å². The van der Waals surface area contributed by atoms with Crippen LogP contribution in [0.5, 0.6) is 11.5 Å². The van der Waals surface area contributed by atoms with E-state index >= 15 is 0 Å². The molecule has 2 aromatic carbocycles. The molecule has 0 atom stereocenters. The summed E-state index contributed by atoms with van der Waals surface area (Å²) >= 11 is 0. The van der Waals surface area contributed by atoms with Gasteiger partial charge in [-0.05, 0) is 55.7 Å². The summed E-state index contributed by atoms with van der Waals surface area (Å²) < 4.78 is 52.5. The number of likely N-dealkylation sites (tertiary alicyclic amines) is 1. The Hall–Kier alpha value is -2.74. The molecule has 0 spiro atoms. The van der Waals surface area contributed by atoms with E-state index in [9.17, 15) is 13.2 Å². The van der Waals surface area contributed by atoms with Gasteiger partial charge in [0.2, 0.25) is 0 Å². The van der Waals surface area contributed by atoms with Crippen molar-refractivity contribution < 1.29 is 22.6 Å². The first-order chi connectivity index (χ1) is 14.9. The molecule has 1 aromatic heterocycles. The maximum absolute atomic E-state index is 13.0. The Labute approximate surface area is 178 Å². The molecule has 3 heterocycles. The van der Waals surface area contributed by atoms with Crippen LogP contribution in [0.1, 0.15) is 35.8 Å². The van der Waals surface area contributed by atoms with E-state index in [1.165, 1.54) is 5.56 Å². The Balaban J connectivity index is 1.28. The van der Waals surface area contributed by atoms with Gasteiger partial charge in [0.05, 0.1) is 16.6 Å². The Kier molecular flexibility index (Phi) is 5.04. The van der Waals surface area contributed by atoms with Crippen LogP contribution in [0.15, 0.2) is 36.4 Å². The van der Waals surface area contributed by atoms with Crippen molar-refractivity contribution in [3.05, 3.63) is 53.3 Å². The van der Waals surface area contributed by atoms with Gasteiger partial charge >= 0.3 is 6.18 Å². The van der Waals surface area contributed by atoms with Gasteiger partial charge in [-0.15, -0.1) is 0 Å². The Morgan fingerprint density at radius 2 is 1.74 bits per heavy atom. The second-order valence-electron chi connectivity index (χ2n) is 8.22. The van der Waals surface area contributed by atoms with Crippen molar-refractivity contribution in [2.45, 2.75) is 38.5 Å². The normalized spacial score (nSPS) is 17.9. The van der Waals surface area contributed by atoms with E-state index in [-0.39, 0.29) is 6.04 Å². The minimum atomic E-state index is -4.36. The number of aromatic nitrogens is 2. The molecule has 0 unspecified atom stereocenters. The maximum atomic E-state index is 13.0. The zero-order valence-electron chi connectivity index (χ0n) is 17.3. The van der Waals surface area contributed by atoms with Crippen molar-refractivity contribution >= 4 is 11.0 Å². The summed E-state index contributed by atoms with van der Waals surface area (Å²) in [4.78, 5) is 6.81. The van der Waals surface area contributed by atoms with Crippen molar-refractivity contribution in [2.75, 3.05) is 26.3 Å². The molecule has 0 radical (unpaired) electrons. The van der Waals surface area contributed by atoms with Gasteiger partial charge < -0.3 is 14.0 Å². The monoisotopic (exact) mass is 431 g/mol. The van der Waals surface area contributed by atoms with Crippen LogP contribution in [0.3, 0.4) is 0 Å². The minimum absolute atomic E-state index is 0.234. The lowest BCUT2D eigenvalue weighted by Crippen LogP contribution is -2.34. The molecule has 0 aliphatic carbocycles. The number of fused-ring (bicyclic) bond motifs is 2. The summed E-state index contributed by atoms with van der Waals surface area (Å²) in [6, 6.07) is 10.2. The van der Waals surface area contributed by atoms with Crippen molar-refractivity contribution in [1.29, 1.82) is 0 Å². The summed E-state index contributed by atoms with van der Waals surface area (Å²) in [7, 11) is 0. The summed E-state index contributed by atoms with van der Waals surface area (Å²) in [5.41, 5.74) is 1.72. The molecule has 5 rings (SSSR count). The number of imidazole rings is 1. The lowest BCUT2D eigenvalue weighted by Gasteiger charge is -2.33. The Bertz CT molecular complexity index is 1100. The van der Waals surface area contributed by atoms with Crippen molar-refractivity contribution in [3.63, 3.8) is 0 Å². The van der Waals surface area contributed by atoms with Crippen LogP contribution < -0.4 is 9.47 Å². The fraction of sp³-hybridized carbons (Fsp3) is 0.435. The van der Waals surface area contributed by atoms with E-state index in [0.717, 1.165) is 67.4 Å². The molecule has 3 aromatic rings. The lowest BCUT2D eigenvalue weighted by molar-refractivity contribution is -0.137. The Morgan fingerprint density at radius 1 is 1.00 bits per heavy atom. The van der Waals surface area contributed by atoms with Crippen LogP contribution >= 0.6 is 0 Å². The molecule has 0 saturated carbocycles. The highest BCUT2D eigenvalue weighted by atomic mass is 19.4. The number of piperidine rings is 1. The first-order valence-corrected chi connectivity index (χ1v) is 10.5. The maximum Gasteiger partial charge on any atom is 0.416 e. The van der Waals surface area contributed by atoms with E-state index in [4.69, 9.17) is 9.47 Å². The second-order valence-corrected chi connectivity index (χ2v) is 8.22. The fourth-order valence-electron chi connectivity index (χ4n) is 4.64. The first kappa shape index (κ1) is 20.2.